The summed E-state index contributed by atoms with van der Waals surface area (Å²) in [5.74, 6) is -0.444. The molecule has 2 rings (SSSR count). The van der Waals surface area contributed by atoms with Gasteiger partial charge in [-0.3, -0.25) is 0 Å². The van der Waals surface area contributed by atoms with Crippen LogP contribution in [0.1, 0.15) is 31.4 Å². The van der Waals surface area contributed by atoms with Gasteiger partial charge < -0.3 is 19.8 Å². The van der Waals surface area contributed by atoms with E-state index in [1.165, 1.54) is 24.0 Å². The molecule has 1 aromatic carbocycles. The van der Waals surface area contributed by atoms with E-state index in [0.717, 1.165) is 0 Å². The topological polar surface area (TPSA) is 70.0 Å². The van der Waals surface area contributed by atoms with Crippen molar-refractivity contribution in [1.82, 2.24) is 4.90 Å². The number of piperidine rings is 1. The van der Waals surface area contributed by atoms with Gasteiger partial charge in [-0.25, -0.2) is 9.18 Å². The number of nitrogens with zero attached hydrogens (tertiary/aromatic N) is 1. The number of benzene rings is 1. The number of ether oxygens (including phenoxy) is 1. The highest BCUT2D eigenvalue weighted by atomic mass is 19.1. The molecule has 0 aliphatic carbocycles. The quantitative estimate of drug-likeness (QED) is 0.893. The van der Waals surface area contributed by atoms with Crippen LogP contribution in [0.4, 0.5) is 9.18 Å². The third-order valence-corrected chi connectivity index (χ3v) is 3.45. The van der Waals surface area contributed by atoms with Gasteiger partial charge >= 0.3 is 6.09 Å². The minimum Gasteiger partial charge on any atom is -0.487 e. The molecule has 2 N–H and O–H groups in total. The molecule has 110 valence electrons. The Morgan fingerprint density at radius 1 is 1.45 bits per heavy atom. The van der Waals surface area contributed by atoms with Crippen LogP contribution in [0.15, 0.2) is 18.2 Å². The lowest BCUT2D eigenvalue weighted by Gasteiger charge is -2.30. The van der Waals surface area contributed by atoms with Gasteiger partial charge in [0.1, 0.15) is 6.10 Å². The molecule has 1 aromatic rings. The van der Waals surface area contributed by atoms with Crippen molar-refractivity contribution in [2.75, 3.05) is 13.1 Å². The fraction of sp³-hybridized carbons (Fsp3) is 0.500. The maximum absolute atomic E-state index is 14.1. The van der Waals surface area contributed by atoms with Crippen molar-refractivity contribution >= 4 is 6.09 Å². The SMILES string of the molecule is CC(O)c1cccc(OC2CCN(C(=O)O)CC2)c1F. The highest BCUT2D eigenvalue weighted by Gasteiger charge is 2.24. The zero-order valence-electron chi connectivity index (χ0n) is 11.3. The summed E-state index contributed by atoms with van der Waals surface area (Å²) in [7, 11) is 0. The fourth-order valence-electron chi connectivity index (χ4n) is 2.29. The molecule has 5 nitrogen and oxygen atoms in total. The Morgan fingerprint density at radius 3 is 2.65 bits per heavy atom. The molecule has 0 saturated carbocycles. The van der Waals surface area contributed by atoms with Crippen molar-refractivity contribution in [2.24, 2.45) is 0 Å². The predicted octanol–water partition coefficient (Wildman–Crippen LogP) is 2.40. The molecule has 0 spiro atoms. The first-order valence-corrected chi connectivity index (χ1v) is 6.60. The van der Waals surface area contributed by atoms with E-state index in [0.29, 0.717) is 25.9 Å². The lowest BCUT2D eigenvalue weighted by atomic mass is 10.1. The summed E-state index contributed by atoms with van der Waals surface area (Å²) in [6.45, 7) is 2.27. The van der Waals surface area contributed by atoms with Crippen molar-refractivity contribution in [1.29, 1.82) is 0 Å². The Morgan fingerprint density at radius 2 is 2.10 bits per heavy atom. The molecule has 1 saturated heterocycles. The van der Waals surface area contributed by atoms with E-state index in [1.54, 1.807) is 6.07 Å². The van der Waals surface area contributed by atoms with Crippen molar-refractivity contribution < 1.29 is 24.1 Å². The number of rotatable bonds is 3. The number of likely N-dealkylation sites (tertiary alicyclic amines) is 1. The summed E-state index contributed by atoms with van der Waals surface area (Å²) in [5, 5.41) is 18.3. The number of aliphatic hydroxyl groups is 1. The Balaban J connectivity index is 2.01. The number of hydrogen-bond acceptors (Lipinski definition) is 3. The Hall–Kier alpha value is -1.82. The lowest BCUT2D eigenvalue weighted by Crippen LogP contribution is -2.41. The van der Waals surface area contributed by atoms with Crippen LogP contribution in [0.5, 0.6) is 5.75 Å². The van der Waals surface area contributed by atoms with Gasteiger partial charge in [0.2, 0.25) is 0 Å². The first-order valence-electron chi connectivity index (χ1n) is 6.60. The monoisotopic (exact) mass is 283 g/mol. The van der Waals surface area contributed by atoms with Crippen LogP contribution in [0, 0.1) is 5.82 Å². The number of aliphatic hydroxyl groups excluding tert-OH is 1. The maximum Gasteiger partial charge on any atom is 0.407 e. The van der Waals surface area contributed by atoms with Crippen LogP contribution < -0.4 is 4.74 Å². The molecule has 1 heterocycles. The second-order valence-corrected chi connectivity index (χ2v) is 4.92. The van der Waals surface area contributed by atoms with Crippen LogP contribution in [-0.4, -0.2) is 40.4 Å². The van der Waals surface area contributed by atoms with Gasteiger partial charge in [-0.15, -0.1) is 0 Å². The van der Waals surface area contributed by atoms with Crippen LogP contribution >= 0.6 is 0 Å². The Labute approximate surface area is 116 Å². The maximum atomic E-state index is 14.1. The molecule has 0 bridgehead atoms. The molecule has 1 aliphatic heterocycles. The Bertz CT molecular complexity index is 484. The van der Waals surface area contributed by atoms with Crippen molar-refractivity contribution in [3.63, 3.8) is 0 Å². The van der Waals surface area contributed by atoms with Crippen LogP contribution in [-0.2, 0) is 0 Å². The van der Waals surface area contributed by atoms with Gasteiger partial charge in [-0.1, -0.05) is 12.1 Å². The summed E-state index contributed by atoms with van der Waals surface area (Å²) >= 11 is 0. The zero-order valence-corrected chi connectivity index (χ0v) is 11.3. The van der Waals surface area contributed by atoms with Crippen LogP contribution in [0.25, 0.3) is 0 Å². The molecule has 1 atom stereocenters. The van der Waals surface area contributed by atoms with Crippen molar-refractivity contribution in [3.8, 4) is 5.75 Å². The molecule has 6 heteroatoms. The zero-order chi connectivity index (χ0) is 14.7. The van der Waals surface area contributed by atoms with E-state index >= 15 is 0 Å². The number of carbonyl (C=O) groups is 1. The Kier molecular flexibility index (Phi) is 4.44. The molecule has 1 aliphatic rings. The normalized spacial score (nSPS) is 17.9. The molecular formula is C14H18FNO4. The van der Waals surface area contributed by atoms with Gasteiger partial charge in [0.05, 0.1) is 6.10 Å². The van der Waals surface area contributed by atoms with Gasteiger partial charge in [0, 0.05) is 31.5 Å². The second-order valence-electron chi connectivity index (χ2n) is 4.92. The minimum atomic E-state index is -0.939. The summed E-state index contributed by atoms with van der Waals surface area (Å²) in [4.78, 5) is 12.1. The third kappa shape index (κ3) is 3.19. The van der Waals surface area contributed by atoms with E-state index in [9.17, 15) is 14.3 Å². The van der Waals surface area contributed by atoms with Crippen molar-refractivity contribution in [3.05, 3.63) is 29.6 Å². The second kappa shape index (κ2) is 6.09. The van der Waals surface area contributed by atoms with Gasteiger partial charge in [-0.05, 0) is 13.0 Å². The average Bonchev–Trinajstić information content (AvgIpc) is 2.41. The minimum absolute atomic E-state index is 0.108. The van der Waals surface area contributed by atoms with Crippen molar-refractivity contribution in [2.45, 2.75) is 32.0 Å². The number of halogens is 1. The van der Waals surface area contributed by atoms with Gasteiger partial charge in [0.25, 0.3) is 0 Å². The highest BCUT2D eigenvalue weighted by molar-refractivity contribution is 5.65. The van der Waals surface area contributed by atoms with E-state index in [2.05, 4.69) is 0 Å². The smallest absolute Gasteiger partial charge is 0.407 e. The van der Waals surface area contributed by atoms with E-state index in [4.69, 9.17) is 9.84 Å². The number of carboxylic acid groups (broad SMARTS) is 1. The first-order chi connectivity index (χ1) is 9.49. The largest absolute Gasteiger partial charge is 0.487 e. The molecule has 20 heavy (non-hydrogen) atoms. The molecular weight excluding hydrogens is 265 g/mol. The van der Waals surface area contributed by atoms with Crippen LogP contribution in [0.2, 0.25) is 0 Å². The average molecular weight is 283 g/mol. The number of hydrogen-bond donors (Lipinski definition) is 2. The molecule has 1 fully saturated rings. The van der Waals surface area contributed by atoms with Gasteiger partial charge in [0.15, 0.2) is 11.6 Å². The molecule has 0 aromatic heterocycles. The van der Waals surface area contributed by atoms with Gasteiger partial charge in [-0.2, -0.15) is 0 Å². The third-order valence-electron chi connectivity index (χ3n) is 3.45. The standard InChI is InChI=1S/C14H18FNO4/c1-9(17)11-3-2-4-12(13(11)15)20-10-5-7-16(8-6-10)14(18)19/h2-4,9-10,17H,5-8H2,1H3,(H,18,19). The van der Waals surface area contributed by atoms with E-state index in [1.807, 2.05) is 0 Å². The predicted molar refractivity (Wildman–Crippen MR) is 70.3 cm³/mol. The highest BCUT2D eigenvalue weighted by Crippen LogP contribution is 2.27. The fourth-order valence-corrected chi connectivity index (χ4v) is 2.29. The summed E-state index contributed by atoms with van der Waals surface area (Å²) in [6.07, 6.45) is -0.975. The first kappa shape index (κ1) is 14.6. The van der Waals surface area contributed by atoms with E-state index in [-0.39, 0.29) is 17.4 Å². The summed E-state index contributed by atoms with van der Waals surface area (Å²) < 4.78 is 19.7. The molecule has 1 amide bonds. The summed E-state index contributed by atoms with van der Waals surface area (Å²) in [6, 6.07) is 4.66. The lowest BCUT2D eigenvalue weighted by molar-refractivity contribution is 0.0866. The summed E-state index contributed by atoms with van der Waals surface area (Å²) in [5.41, 5.74) is 0.200. The molecule has 1 unspecified atom stereocenters. The van der Waals surface area contributed by atoms with E-state index < -0.39 is 18.0 Å². The molecule has 0 radical (unpaired) electrons. The number of amides is 1. The van der Waals surface area contributed by atoms with Crippen LogP contribution in [0.3, 0.4) is 0 Å².